The van der Waals surface area contributed by atoms with E-state index in [1.165, 1.54) is 29.3 Å². The first-order chi connectivity index (χ1) is 17.2. The average molecular weight is 602 g/mol. The van der Waals surface area contributed by atoms with Crippen LogP contribution in [0.2, 0.25) is 0 Å². The summed E-state index contributed by atoms with van der Waals surface area (Å²) in [4.78, 5) is 33.4. The molecule has 5 fully saturated rings. The minimum absolute atomic E-state index is 0. The summed E-state index contributed by atoms with van der Waals surface area (Å²) in [5, 5.41) is 1.27. The smallest absolute Gasteiger partial charge is 0.233 e. The molecule has 2 bridgehead atoms. The van der Waals surface area contributed by atoms with Crippen LogP contribution in [0.1, 0.15) is 44.9 Å². The van der Waals surface area contributed by atoms with E-state index in [4.69, 9.17) is 4.37 Å². The highest BCUT2D eigenvalue weighted by molar-refractivity contribution is 7.13. The highest BCUT2D eigenvalue weighted by Gasteiger charge is 2.61. The van der Waals surface area contributed by atoms with Gasteiger partial charge in [-0.15, -0.1) is 37.2 Å². The molecular weight excluding hydrogens is 563 g/mol. The van der Waals surface area contributed by atoms with Gasteiger partial charge in [-0.05, 0) is 79.4 Å². The van der Waals surface area contributed by atoms with Crippen LogP contribution in [-0.4, -0.2) is 65.3 Å². The fraction of sp³-hybridized carbons (Fsp3) is 0.679. The van der Waals surface area contributed by atoms with Crippen LogP contribution < -0.4 is 4.90 Å². The van der Waals surface area contributed by atoms with Crippen molar-refractivity contribution >= 4 is 76.5 Å². The summed E-state index contributed by atoms with van der Waals surface area (Å²) in [5.74, 6) is 3.59. The van der Waals surface area contributed by atoms with Crippen LogP contribution in [0, 0.1) is 35.5 Å². The Bertz CT molecular complexity index is 1110. The highest BCUT2D eigenvalue weighted by Crippen LogP contribution is 2.56. The normalized spacial score (nSPS) is 32.6. The zero-order valence-corrected chi connectivity index (χ0v) is 25.0. The molecule has 1 aromatic heterocycles. The monoisotopic (exact) mass is 600 g/mol. The Kier molecular flexibility index (Phi) is 9.56. The lowest BCUT2D eigenvalue weighted by Gasteiger charge is -2.40. The topological polar surface area (TPSA) is 56.8 Å². The molecule has 2 aromatic rings. The summed E-state index contributed by atoms with van der Waals surface area (Å²) in [7, 11) is 0. The Balaban J connectivity index is 0.00000112. The molecule has 2 saturated heterocycles. The van der Waals surface area contributed by atoms with Gasteiger partial charge in [-0.3, -0.25) is 19.4 Å². The highest BCUT2D eigenvalue weighted by atomic mass is 35.5. The lowest BCUT2D eigenvalue weighted by atomic mass is 9.78. The number of aromatic nitrogens is 1. The first kappa shape index (κ1) is 29.9. The summed E-state index contributed by atoms with van der Waals surface area (Å²) >= 11 is 1.60. The average Bonchev–Trinajstić information content (AvgIpc) is 3.66. The maximum atomic E-state index is 13.3. The molecule has 7 rings (SSSR count). The fourth-order valence-corrected chi connectivity index (χ4v) is 9.02. The summed E-state index contributed by atoms with van der Waals surface area (Å²) in [6.45, 7) is 5.93. The number of fused-ring (bicyclic) bond motifs is 6. The SMILES string of the molecule is Cl.Cl.Cl.O=C1[C@@H]2[C@H]3CC[C@H](C3)[C@@H]2C(=O)N1C[C@@H]1CCCC[C@H]1CN1CCN(c2nsc3ccccc23)CC1. The Labute approximate surface area is 248 Å². The number of benzene rings is 1. The van der Waals surface area contributed by atoms with Gasteiger partial charge in [0.1, 0.15) is 5.82 Å². The maximum absolute atomic E-state index is 13.3. The van der Waals surface area contributed by atoms with E-state index in [1.807, 2.05) is 0 Å². The number of nitrogens with zero attached hydrogens (tertiary/aromatic N) is 4. The number of anilines is 1. The lowest BCUT2D eigenvalue weighted by molar-refractivity contribution is -0.142. The van der Waals surface area contributed by atoms with Crippen molar-refractivity contribution in [1.82, 2.24) is 14.2 Å². The fourth-order valence-electron chi connectivity index (χ4n) is 8.22. The number of carbonyl (C=O) groups excluding carboxylic acids is 2. The van der Waals surface area contributed by atoms with Crippen molar-refractivity contribution in [3.63, 3.8) is 0 Å². The molecule has 3 saturated carbocycles. The van der Waals surface area contributed by atoms with Gasteiger partial charge in [-0.25, -0.2) is 0 Å². The quantitative estimate of drug-likeness (QED) is 0.423. The molecule has 0 unspecified atom stereocenters. The second-order valence-corrected chi connectivity index (χ2v) is 12.6. The van der Waals surface area contributed by atoms with E-state index in [-0.39, 0.29) is 60.9 Å². The van der Waals surface area contributed by atoms with Gasteiger partial charge >= 0.3 is 0 Å². The van der Waals surface area contributed by atoms with Crippen LogP contribution in [-0.2, 0) is 9.59 Å². The summed E-state index contributed by atoms with van der Waals surface area (Å²) in [6, 6.07) is 8.54. The molecule has 5 aliphatic rings. The van der Waals surface area contributed by atoms with Gasteiger partial charge in [0.25, 0.3) is 0 Å². The van der Waals surface area contributed by atoms with Crippen LogP contribution >= 0.6 is 48.8 Å². The number of halogens is 3. The zero-order chi connectivity index (χ0) is 23.5. The number of hydrogen-bond donors (Lipinski definition) is 0. The molecule has 3 aliphatic carbocycles. The van der Waals surface area contributed by atoms with Gasteiger partial charge in [0.05, 0.1) is 16.5 Å². The predicted octanol–water partition coefficient (Wildman–Crippen LogP) is 5.52. The van der Waals surface area contributed by atoms with E-state index >= 15 is 0 Å². The number of carbonyl (C=O) groups is 2. The number of likely N-dealkylation sites (tertiary alicyclic amines) is 1. The summed E-state index contributed by atoms with van der Waals surface area (Å²) < 4.78 is 6.02. The Morgan fingerprint density at radius 2 is 1.39 bits per heavy atom. The van der Waals surface area contributed by atoms with Crippen molar-refractivity contribution in [2.75, 3.05) is 44.2 Å². The summed E-state index contributed by atoms with van der Waals surface area (Å²) in [6.07, 6.45) is 8.35. The molecule has 2 amide bonds. The Morgan fingerprint density at radius 3 is 2.05 bits per heavy atom. The van der Waals surface area contributed by atoms with Crippen LogP contribution in [0.15, 0.2) is 24.3 Å². The number of rotatable bonds is 5. The molecule has 0 N–H and O–H groups in total. The first-order valence-corrected chi connectivity index (χ1v) is 14.6. The van der Waals surface area contributed by atoms with E-state index < -0.39 is 0 Å². The third-order valence-corrected chi connectivity index (χ3v) is 10.8. The van der Waals surface area contributed by atoms with Crippen molar-refractivity contribution in [3.8, 4) is 0 Å². The van der Waals surface area contributed by atoms with E-state index in [2.05, 4.69) is 34.1 Å². The number of hydrogen-bond acceptors (Lipinski definition) is 6. The van der Waals surface area contributed by atoms with Crippen LogP contribution in [0.25, 0.3) is 10.1 Å². The predicted molar refractivity (Wildman–Crippen MR) is 160 cm³/mol. The van der Waals surface area contributed by atoms with Gasteiger partial charge in [0, 0.05) is 44.7 Å². The standard InChI is InChI=1S/C28H36N4O2S.3ClH/c33-27-24-18-9-10-19(15-18)25(24)28(34)32(27)17-21-6-2-1-5-20(21)16-30-11-13-31(14-12-30)26-22-7-3-4-8-23(22)35-29-26;;;/h3-4,7-8,18-21,24-25H,1-2,5-6,9-17H2;3*1H/t18-,19+,20-,21-,24+,25-;;;/m0.../s1. The van der Waals surface area contributed by atoms with E-state index in [0.717, 1.165) is 64.2 Å². The molecule has 6 atom stereocenters. The summed E-state index contributed by atoms with van der Waals surface area (Å²) in [5.41, 5.74) is 0. The molecule has 10 heteroatoms. The minimum atomic E-state index is 0. The van der Waals surface area contributed by atoms with Crippen molar-refractivity contribution in [1.29, 1.82) is 0 Å². The van der Waals surface area contributed by atoms with Crippen molar-refractivity contribution in [3.05, 3.63) is 24.3 Å². The number of imide groups is 1. The maximum Gasteiger partial charge on any atom is 0.233 e. The van der Waals surface area contributed by atoms with Crippen molar-refractivity contribution in [2.45, 2.75) is 44.9 Å². The van der Waals surface area contributed by atoms with Gasteiger partial charge in [-0.1, -0.05) is 25.0 Å². The van der Waals surface area contributed by atoms with Gasteiger partial charge in [-0.2, -0.15) is 4.37 Å². The molecule has 38 heavy (non-hydrogen) atoms. The van der Waals surface area contributed by atoms with Crippen LogP contribution in [0.5, 0.6) is 0 Å². The Morgan fingerprint density at radius 1 is 0.789 bits per heavy atom. The second kappa shape index (κ2) is 12.2. The van der Waals surface area contributed by atoms with Crippen LogP contribution in [0.3, 0.4) is 0 Å². The number of amides is 2. The van der Waals surface area contributed by atoms with E-state index in [1.54, 1.807) is 16.4 Å². The van der Waals surface area contributed by atoms with Gasteiger partial charge in [0.2, 0.25) is 11.8 Å². The van der Waals surface area contributed by atoms with Gasteiger partial charge in [0.15, 0.2) is 0 Å². The lowest BCUT2D eigenvalue weighted by Crippen LogP contribution is -2.49. The third-order valence-electron chi connectivity index (χ3n) is 10.0. The molecule has 6 nitrogen and oxygen atoms in total. The molecule has 1 aromatic carbocycles. The number of piperazine rings is 1. The van der Waals surface area contributed by atoms with Gasteiger partial charge < -0.3 is 4.90 Å². The molecular formula is C28H39Cl3N4O2S. The second-order valence-electron chi connectivity index (χ2n) is 11.8. The molecule has 0 spiro atoms. The Hall–Kier alpha value is -1.12. The molecule has 0 radical (unpaired) electrons. The van der Waals surface area contributed by atoms with E-state index in [9.17, 15) is 9.59 Å². The van der Waals surface area contributed by atoms with Crippen LogP contribution in [0.4, 0.5) is 5.82 Å². The van der Waals surface area contributed by atoms with Crippen molar-refractivity contribution in [2.24, 2.45) is 35.5 Å². The zero-order valence-electron chi connectivity index (χ0n) is 21.7. The van der Waals surface area contributed by atoms with Crippen molar-refractivity contribution < 1.29 is 9.59 Å². The minimum Gasteiger partial charge on any atom is -0.353 e. The van der Waals surface area contributed by atoms with E-state index in [0.29, 0.717) is 30.2 Å². The largest absolute Gasteiger partial charge is 0.353 e. The molecule has 3 heterocycles. The molecule has 2 aliphatic heterocycles. The first-order valence-electron chi connectivity index (χ1n) is 13.8. The molecule has 210 valence electrons. The third kappa shape index (κ3) is 5.07.